The van der Waals surface area contributed by atoms with Crippen LogP contribution in [0.25, 0.3) is 0 Å². The number of hydrogen-bond donors (Lipinski definition) is 2. The largest absolute Gasteiger partial charge is 0.466 e. The lowest BCUT2D eigenvalue weighted by Crippen LogP contribution is -2.37. The molecular formula is C23H21N5O6. The van der Waals surface area contributed by atoms with Gasteiger partial charge < -0.3 is 19.8 Å². The van der Waals surface area contributed by atoms with E-state index in [1.807, 2.05) is 0 Å². The summed E-state index contributed by atoms with van der Waals surface area (Å²) in [5, 5.41) is 37.0. The first-order valence-corrected chi connectivity index (χ1v) is 10.1. The number of Topliss-reactive ketones (excluding diaryl/α,β-unsaturated/α-hetero) is 1. The van der Waals surface area contributed by atoms with Crippen molar-refractivity contribution in [3.8, 4) is 12.1 Å². The van der Waals surface area contributed by atoms with E-state index in [-0.39, 0.29) is 33.7 Å². The normalized spacial score (nSPS) is 18.7. The molecule has 3 rings (SSSR count). The van der Waals surface area contributed by atoms with Crippen molar-refractivity contribution >= 4 is 17.6 Å². The Kier molecular flexibility index (Phi) is 6.41. The maximum atomic E-state index is 13.1. The summed E-state index contributed by atoms with van der Waals surface area (Å²) in [6, 6.07) is 6.63. The Bertz CT molecular complexity index is 1290. The molecule has 0 aromatic carbocycles. The molecule has 11 heteroatoms. The molecule has 34 heavy (non-hydrogen) atoms. The fraction of sp³-hybridized carbons (Fsp3) is 0.304. The van der Waals surface area contributed by atoms with Crippen LogP contribution in [0.3, 0.4) is 0 Å². The summed E-state index contributed by atoms with van der Waals surface area (Å²) in [5.41, 5.74) is 1.92. The predicted octanol–water partition coefficient (Wildman–Crippen LogP) is 2.98. The van der Waals surface area contributed by atoms with Crippen LogP contribution in [0.15, 0.2) is 61.6 Å². The molecule has 0 radical (unpaired) electrons. The quantitative estimate of drug-likeness (QED) is 0.375. The Labute approximate surface area is 194 Å². The minimum atomic E-state index is -1.16. The second kappa shape index (κ2) is 9.08. The molecule has 0 amide bonds. The zero-order chi connectivity index (χ0) is 25.3. The maximum absolute atomic E-state index is 13.1. The minimum absolute atomic E-state index is 0.0250. The molecule has 11 nitrogen and oxygen atoms in total. The van der Waals surface area contributed by atoms with Crippen LogP contribution >= 0.6 is 0 Å². The van der Waals surface area contributed by atoms with Crippen LogP contribution < -0.4 is 10.6 Å². The Hall–Kier alpha value is -4.64. The first-order chi connectivity index (χ1) is 16.1. The van der Waals surface area contributed by atoms with Gasteiger partial charge in [-0.25, -0.2) is 4.79 Å². The van der Waals surface area contributed by atoms with Gasteiger partial charge in [-0.15, -0.1) is 0 Å². The van der Waals surface area contributed by atoms with E-state index in [2.05, 4.69) is 22.8 Å². The van der Waals surface area contributed by atoms with Gasteiger partial charge >= 0.3 is 11.9 Å². The van der Waals surface area contributed by atoms with E-state index in [0.717, 1.165) is 13.2 Å². The van der Waals surface area contributed by atoms with Crippen LogP contribution in [-0.4, -0.2) is 23.8 Å². The molecule has 1 aromatic heterocycles. The van der Waals surface area contributed by atoms with Gasteiger partial charge in [0.25, 0.3) is 0 Å². The van der Waals surface area contributed by atoms with Crippen molar-refractivity contribution in [1.29, 1.82) is 10.5 Å². The second-order valence-corrected chi connectivity index (χ2v) is 7.76. The fourth-order valence-electron chi connectivity index (χ4n) is 4.34. The van der Waals surface area contributed by atoms with Gasteiger partial charge in [0.2, 0.25) is 0 Å². The molecular weight excluding hydrogens is 442 g/mol. The number of carbonyl (C=O) groups excluding carboxylic acids is 2. The summed E-state index contributed by atoms with van der Waals surface area (Å²) in [6.07, 6.45) is 0. The molecule has 174 valence electrons. The smallest absolute Gasteiger partial charge is 0.433 e. The molecule has 0 saturated carbocycles. The number of rotatable bonds is 5. The number of allylic oxidation sites excluding steroid dienone is 5. The number of nitrogens with one attached hydrogen (secondary N) is 2. The number of carbonyl (C=O) groups is 2. The SMILES string of the molecule is COC(=O)C1=C(C2C(C#N)=C(C)NC(C)=C2C#N)NC(C)=C(C(C)=O)C1c1ccc([N+](=O)[O-])o1. The number of ether oxygens (including phenoxy) is 1. The van der Waals surface area contributed by atoms with Gasteiger partial charge in [0.1, 0.15) is 10.7 Å². The first kappa shape index (κ1) is 24.0. The molecule has 2 N–H and O–H groups in total. The average Bonchev–Trinajstić information content (AvgIpc) is 3.27. The number of dihydropyridines is 2. The maximum Gasteiger partial charge on any atom is 0.433 e. The van der Waals surface area contributed by atoms with E-state index in [1.165, 1.54) is 13.0 Å². The minimum Gasteiger partial charge on any atom is -0.466 e. The third kappa shape index (κ3) is 3.84. The molecule has 1 unspecified atom stereocenters. The summed E-state index contributed by atoms with van der Waals surface area (Å²) >= 11 is 0. The summed E-state index contributed by atoms with van der Waals surface area (Å²) in [6.45, 7) is 6.23. The van der Waals surface area contributed by atoms with Crippen molar-refractivity contribution < 1.29 is 23.7 Å². The second-order valence-electron chi connectivity index (χ2n) is 7.76. The Morgan fingerprint density at radius 3 is 2.06 bits per heavy atom. The highest BCUT2D eigenvalue weighted by molar-refractivity contribution is 6.02. The topological polar surface area (TPSA) is 171 Å². The fourth-order valence-corrected chi connectivity index (χ4v) is 4.34. The molecule has 0 saturated heterocycles. The number of hydrogen-bond acceptors (Lipinski definition) is 10. The molecule has 2 aliphatic heterocycles. The third-order valence-electron chi connectivity index (χ3n) is 5.75. The van der Waals surface area contributed by atoms with Gasteiger partial charge in [-0.3, -0.25) is 14.9 Å². The Morgan fingerprint density at radius 1 is 1.03 bits per heavy atom. The molecule has 1 aromatic rings. The number of furan rings is 1. The van der Waals surface area contributed by atoms with Gasteiger partial charge in [0.05, 0.1) is 53.9 Å². The highest BCUT2D eigenvalue weighted by Gasteiger charge is 2.44. The highest BCUT2D eigenvalue weighted by atomic mass is 16.6. The van der Waals surface area contributed by atoms with E-state index in [4.69, 9.17) is 9.15 Å². The molecule has 3 heterocycles. The van der Waals surface area contributed by atoms with Crippen molar-refractivity contribution in [3.05, 3.63) is 73.1 Å². The Morgan fingerprint density at radius 2 is 1.62 bits per heavy atom. The number of nitrogens with zero attached hydrogens (tertiary/aromatic N) is 3. The van der Waals surface area contributed by atoms with Crippen molar-refractivity contribution in [2.24, 2.45) is 5.92 Å². The van der Waals surface area contributed by atoms with E-state index in [9.17, 15) is 30.2 Å². The number of ketones is 1. The number of esters is 1. The van der Waals surface area contributed by atoms with Gasteiger partial charge in [-0.1, -0.05) is 0 Å². The average molecular weight is 463 g/mol. The monoisotopic (exact) mass is 463 g/mol. The lowest BCUT2D eigenvalue weighted by molar-refractivity contribution is -0.402. The zero-order valence-electron chi connectivity index (χ0n) is 19.1. The van der Waals surface area contributed by atoms with Gasteiger partial charge in [-0.05, 0) is 33.8 Å². The van der Waals surface area contributed by atoms with Crippen LogP contribution in [0.4, 0.5) is 5.88 Å². The summed E-state index contributed by atoms with van der Waals surface area (Å²) in [5.74, 6) is -3.97. The lowest BCUT2D eigenvalue weighted by Gasteiger charge is -2.35. The van der Waals surface area contributed by atoms with Crippen molar-refractivity contribution in [2.75, 3.05) is 7.11 Å². The zero-order valence-corrected chi connectivity index (χ0v) is 19.1. The van der Waals surface area contributed by atoms with Gasteiger partial charge in [0.15, 0.2) is 5.78 Å². The van der Waals surface area contributed by atoms with Crippen molar-refractivity contribution in [1.82, 2.24) is 10.6 Å². The molecule has 0 aliphatic carbocycles. The van der Waals surface area contributed by atoms with Gasteiger partial charge in [-0.2, -0.15) is 10.5 Å². The predicted molar refractivity (Wildman–Crippen MR) is 117 cm³/mol. The van der Waals surface area contributed by atoms with E-state index in [0.29, 0.717) is 17.1 Å². The first-order valence-electron chi connectivity index (χ1n) is 10.1. The standard InChI is InChI=1S/C23H21N5O6/c1-10-14(8-24)19(15(9-25)11(2)26-10)22-21(23(30)33-5)20(18(13(4)29)12(3)27-22)16-6-7-17(34-16)28(31)32/h6-7,19-20,26-27H,1-5H3. The van der Waals surface area contributed by atoms with Crippen molar-refractivity contribution in [2.45, 2.75) is 33.6 Å². The van der Waals surface area contributed by atoms with E-state index >= 15 is 0 Å². The summed E-state index contributed by atoms with van der Waals surface area (Å²) in [4.78, 5) is 36.3. The molecule has 0 spiro atoms. The van der Waals surface area contributed by atoms with Crippen LogP contribution in [0.1, 0.15) is 39.4 Å². The third-order valence-corrected chi connectivity index (χ3v) is 5.75. The molecule has 0 fully saturated rings. The number of methoxy groups -OCH3 is 1. The Balaban J connectivity index is 2.42. The van der Waals surface area contributed by atoms with Crippen LogP contribution in [0.2, 0.25) is 0 Å². The van der Waals surface area contributed by atoms with Crippen LogP contribution in [0.5, 0.6) is 0 Å². The lowest BCUT2D eigenvalue weighted by atomic mass is 9.75. The summed E-state index contributed by atoms with van der Waals surface area (Å²) < 4.78 is 10.4. The van der Waals surface area contributed by atoms with E-state index in [1.54, 1.807) is 20.8 Å². The molecule has 1 atom stereocenters. The number of nitriles is 2. The van der Waals surface area contributed by atoms with Gasteiger partial charge in [0, 0.05) is 28.4 Å². The molecule has 0 bridgehead atoms. The van der Waals surface area contributed by atoms with Crippen LogP contribution in [0, 0.1) is 38.7 Å². The number of nitro groups is 1. The summed E-state index contributed by atoms with van der Waals surface area (Å²) in [7, 11) is 1.15. The van der Waals surface area contributed by atoms with Crippen molar-refractivity contribution in [3.63, 3.8) is 0 Å². The highest BCUT2D eigenvalue weighted by Crippen LogP contribution is 2.45. The van der Waals surface area contributed by atoms with Crippen LogP contribution in [-0.2, 0) is 14.3 Å². The van der Waals surface area contributed by atoms with E-state index < -0.39 is 34.4 Å². The molecule has 2 aliphatic rings.